The normalized spacial score (nSPS) is 10.5. The van der Waals surface area contributed by atoms with Crippen LogP contribution in [0.25, 0.3) is 0 Å². The van der Waals surface area contributed by atoms with Gasteiger partial charge in [0.2, 0.25) is 11.9 Å². The zero-order valence-electron chi connectivity index (χ0n) is 18.4. The van der Waals surface area contributed by atoms with Crippen LogP contribution in [0.1, 0.15) is 16.8 Å². The summed E-state index contributed by atoms with van der Waals surface area (Å²) in [6.45, 7) is 3.97. The second-order valence-electron chi connectivity index (χ2n) is 7.73. The highest BCUT2D eigenvalue weighted by Crippen LogP contribution is 2.22. The summed E-state index contributed by atoms with van der Waals surface area (Å²) < 4.78 is 0. The van der Waals surface area contributed by atoms with E-state index in [1.807, 2.05) is 86.6 Å². The largest absolute Gasteiger partial charge is 0.340 e. The Labute approximate surface area is 198 Å². The molecule has 1 amide bonds. The summed E-state index contributed by atoms with van der Waals surface area (Å²) >= 11 is 6.14. The third kappa shape index (κ3) is 6.30. The van der Waals surface area contributed by atoms with E-state index in [-0.39, 0.29) is 12.3 Å². The molecule has 1 heterocycles. The van der Waals surface area contributed by atoms with Crippen molar-refractivity contribution in [2.45, 2.75) is 20.3 Å². The number of halogens is 1. The number of amides is 1. The van der Waals surface area contributed by atoms with Crippen molar-refractivity contribution in [2.24, 2.45) is 0 Å². The van der Waals surface area contributed by atoms with E-state index in [9.17, 15) is 4.79 Å². The Hall–Kier alpha value is -3.90. The fourth-order valence-electron chi connectivity index (χ4n) is 3.26. The second-order valence-corrected chi connectivity index (χ2v) is 8.14. The Morgan fingerprint density at radius 3 is 2.18 bits per heavy atom. The molecule has 0 fully saturated rings. The maximum Gasteiger partial charge on any atom is 0.229 e. The number of carbonyl (C=O) groups is 1. The summed E-state index contributed by atoms with van der Waals surface area (Å²) in [5.74, 6) is 1.07. The second kappa shape index (κ2) is 10.1. The summed E-state index contributed by atoms with van der Waals surface area (Å²) in [7, 11) is 0. The van der Waals surface area contributed by atoms with E-state index in [2.05, 4.69) is 25.9 Å². The molecule has 3 aromatic carbocycles. The number of nitrogens with zero attached hydrogens (tertiary/aromatic N) is 2. The number of hydrogen-bond donors (Lipinski definition) is 3. The lowest BCUT2D eigenvalue weighted by atomic mass is 10.1. The van der Waals surface area contributed by atoms with Crippen LogP contribution >= 0.6 is 11.6 Å². The first-order valence-electron chi connectivity index (χ1n) is 10.5. The molecule has 166 valence electrons. The van der Waals surface area contributed by atoms with Gasteiger partial charge in [-0.05, 0) is 61.9 Å². The van der Waals surface area contributed by atoms with Crippen molar-refractivity contribution in [2.75, 3.05) is 16.0 Å². The summed E-state index contributed by atoms with van der Waals surface area (Å²) in [5, 5.41) is 10.0. The molecule has 4 rings (SSSR count). The molecule has 0 aliphatic rings. The third-order valence-electron chi connectivity index (χ3n) is 4.91. The molecule has 0 atom stereocenters. The van der Waals surface area contributed by atoms with E-state index in [0.717, 1.165) is 22.6 Å². The lowest BCUT2D eigenvalue weighted by Gasteiger charge is -2.11. The summed E-state index contributed by atoms with van der Waals surface area (Å²) in [4.78, 5) is 21.4. The Morgan fingerprint density at radius 1 is 0.818 bits per heavy atom. The molecule has 4 aromatic rings. The minimum atomic E-state index is -0.123. The minimum absolute atomic E-state index is 0.123. The van der Waals surface area contributed by atoms with Gasteiger partial charge in [-0.2, -0.15) is 4.98 Å². The third-order valence-corrected chi connectivity index (χ3v) is 5.28. The van der Waals surface area contributed by atoms with Crippen molar-refractivity contribution in [1.29, 1.82) is 0 Å². The monoisotopic (exact) mass is 457 g/mol. The van der Waals surface area contributed by atoms with Gasteiger partial charge in [0.15, 0.2) is 0 Å². The molecule has 0 bridgehead atoms. The van der Waals surface area contributed by atoms with Gasteiger partial charge in [-0.1, -0.05) is 47.5 Å². The molecular weight excluding hydrogens is 434 g/mol. The highest BCUT2D eigenvalue weighted by Gasteiger charge is 2.08. The quantitative estimate of drug-likeness (QED) is 0.298. The van der Waals surface area contributed by atoms with E-state index >= 15 is 0 Å². The fourth-order valence-corrected chi connectivity index (χ4v) is 3.46. The van der Waals surface area contributed by atoms with Crippen LogP contribution in [0.2, 0.25) is 5.02 Å². The Morgan fingerprint density at radius 2 is 1.45 bits per heavy atom. The van der Waals surface area contributed by atoms with E-state index in [1.54, 1.807) is 6.07 Å². The molecule has 0 aliphatic carbocycles. The first kappa shape index (κ1) is 22.3. The van der Waals surface area contributed by atoms with Gasteiger partial charge in [0.05, 0.1) is 6.42 Å². The first-order chi connectivity index (χ1) is 15.9. The van der Waals surface area contributed by atoms with Gasteiger partial charge in [0.1, 0.15) is 5.82 Å². The van der Waals surface area contributed by atoms with Crippen LogP contribution in [0, 0.1) is 13.8 Å². The fraction of sp³-hybridized carbons (Fsp3) is 0.115. The van der Waals surface area contributed by atoms with Gasteiger partial charge in [0.25, 0.3) is 0 Å². The minimum Gasteiger partial charge on any atom is -0.340 e. The zero-order chi connectivity index (χ0) is 23.2. The Balaban J connectivity index is 1.39. The van der Waals surface area contributed by atoms with Crippen LogP contribution in [0.3, 0.4) is 0 Å². The molecule has 7 heteroatoms. The van der Waals surface area contributed by atoms with Crippen LogP contribution < -0.4 is 16.0 Å². The first-order valence-corrected chi connectivity index (χ1v) is 10.9. The maximum absolute atomic E-state index is 12.3. The Kier molecular flexibility index (Phi) is 6.86. The molecular formula is C26H24ClN5O. The molecule has 0 aliphatic heterocycles. The molecule has 33 heavy (non-hydrogen) atoms. The van der Waals surface area contributed by atoms with E-state index < -0.39 is 0 Å². The van der Waals surface area contributed by atoms with Gasteiger partial charge in [0, 0.05) is 33.8 Å². The standard InChI is InChI=1S/C26H24ClN5O/c1-17-7-9-22(10-8-17)31-26-28-18(2)15-24(32-26)29-20-11-13-21(14-12-20)30-25(33)16-19-5-3-4-6-23(19)27/h3-15H,16H2,1-2H3,(H,30,33)(H2,28,29,31,32). The highest BCUT2D eigenvalue weighted by molar-refractivity contribution is 6.31. The topological polar surface area (TPSA) is 78.9 Å². The van der Waals surface area contributed by atoms with Crippen molar-refractivity contribution in [3.05, 3.63) is 101 Å². The predicted molar refractivity (Wildman–Crippen MR) is 135 cm³/mol. The summed E-state index contributed by atoms with van der Waals surface area (Å²) in [5.41, 5.74) is 5.30. The number of benzene rings is 3. The number of nitrogens with one attached hydrogen (secondary N) is 3. The number of anilines is 5. The van der Waals surface area contributed by atoms with Crippen LogP contribution in [-0.4, -0.2) is 15.9 Å². The average Bonchev–Trinajstić information content (AvgIpc) is 2.78. The van der Waals surface area contributed by atoms with Crippen LogP contribution in [0.15, 0.2) is 78.9 Å². The van der Waals surface area contributed by atoms with Crippen molar-refractivity contribution in [1.82, 2.24) is 9.97 Å². The molecule has 0 saturated carbocycles. The van der Waals surface area contributed by atoms with Crippen molar-refractivity contribution < 1.29 is 4.79 Å². The average molecular weight is 458 g/mol. The van der Waals surface area contributed by atoms with Gasteiger partial charge in [-0.15, -0.1) is 0 Å². The Bertz CT molecular complexity index is 1260. The van der Waals surface area contributed by atoms with Gasteiger partial charge in [-0.25, -0.2) is 4.98 Å². The number of hydrogen-bond acceptors (Lipinski definition) is 5. The molecule has 3 N–H and O–H groups in total. The SMILES string of the molecule is Cc1ccc(Nc2nc(C)cc(Nc3ccc(NC(=O)Cc4ccccc4Cl)cc3)n2)cc1. The molecule has 0 radical (unpaired) electrons. The van der Waals surface area contributed by atoms with Crippen molar-refractivity contribution >= 4 is 46.3 Å². The maximum atomic E-state index is 12.3. The number of rotatable bonds is 7. The lowest BCUT2D eigenvalue weighted by molar-refractivity contribution is -0.115. The number of carbonyl (C=O) groups excluding carboxylic acids is 1. The van der Waals surface area contributed by atoms with Crippen LogP contribution in [0.5, 0.6) is 0 Å². The van der Waals surface area contributed by atoms with Gasteiger partial charge < -0.3 is 16.0 Å². The molecule has 1 aromatic heterocycles. The zero-order valence-corrected chi connectivity index (χ0v) is 19.1. The summed E-state index contributed by atoms with van der Waals surface area (Å²) in [6.07, 6.45) is 0.219. The molecule has 6 nitrogen and oxygen atoms in total. The molecule has 0 unspecified atom stereocenters. The number of aryl methyl sites for hydroxylation is 2. The van der Waals surface area contributed by atoms with Crippen molar-refractivity contribution in [3.8, 4) is 0 Å². The number of aromatic nitrogens is 2. The van der Waals surface area contributed by atoms with Crippen LogP contribution in [0.4, 0.5) is 28.8 Å². The van der Waals surface area contributed by atoms with Gasteiger partial charge >= 0.3 is 0 Å². The van der Waals surface area contributed by atoms with Gasteiger partial charge in [-0.3, -0.25) is 4.79 Å². The van der Waals surface area contributed by atoms with Crippen LogP contribution in [-0.2, 0) is 11.2 Å². The summed E-state index contributed by atoms with van der Waals surface area (Å²) in [6, 6.07) is 24.7. The highest BCUT2D eigenvalue weighted by atomic mass is 35.5. The van der Waals surface area contributed by atoms with E-state index in [0.29, 0.717) is 22.5 Å². The predicted octanol–water partition coefficient (Wildman–Crippen LogP) is 6.42. The van der Waals surface area contributed by atoms with E-state index in [1.165, 1.54) is 5.56 Å². The molecule has 0 spiro atoms. The molecule has 0 saturated heterocycles. The van der Waals surface area contributed by atoms with E-state index in [4.69, 9.17) is 11.6 Å². The lowest BCUT2D eigenvalue weighted by Crippen LogP contribution is -2.14. The van der Waals surface area contributed by atoms with Crippen molar-refractivity contribution in [3.63, 3.8) is 0 Å². The smallest absolute Gasteiger partial charge is 0.229 e.